The van der Waals surface area contributed by atoms with E-state index in [0.29, 0.717) is 10.9 Å². The van der Waals surface area contributed by atoms with Crippen LogP contribution in [-0.4, -0.2) is 50.8 Å². The maximum atomic E-state index is 14.0. The van der Waals surface area contributed by atoms with Crippen LogP contribution in [0.5, 0.6) is 5.75 Å². The summed E-state index contributed by atoms with van der Waals surface area (Å²) in [6.45, 7) is 0.150. The third kappa shape index (κ3) is 4.12. The van der Waals surface area contributed by atoms with E-state index in [0.717, 1.165) is 44.4 Å². The van der Waals surface area contributed by atoms with Crippen LogP contribution < -0.4 is 9.64 Å². The average Bonchev–Trinajstić information content (AvgIpc) is 3.21. The molecule has 2 aromatic heterocycles. The molecule has 4 rings (SSSR count). The van der Waals surface area contributed by atoms with Crippen LogP contribution >= 0.6 is 0 Å². The van der Waals surface area contributed by atoms with Crippen molar-refractivity contribution in [2.75, 3.05) is 18.6 Å². The summed E-state index contributed by atoms with van der Waals surface area (Å²) in [7, 11) is 1.25. The van der Waals surface area contributed by atoms with Gasteiger partial charge in [0.2, 0.25) is 0 Å². The Morgan fingerprint density at radius 2 is 1.88 bits per heavy atom. The zero-order valence-corrected chi connectivity index (χ0v) is 17.3. The lowest BCUT2D eigenvalue weighted by molar-refractivity contribution is -0.122. The van der Waals surface area contributed by atoms with E-state index in [1.54, 1.807) is 4.68 Å². The highest BCUT2D eigenvalue weighted by Gasteiger charge is 2.44. The summed E-state index contributed by atoms with van der Waals surface area (Å²) in [5.74, 6) is -1.15. The van der Waals surface area contributed by atoms with Gasteiger partial charge in [-0.05, 0) is 37.7 Å². The minimum Gasteiger partial charge on any atom is -0.494 e. The number of carbonyl (C=O) groups is 1. The Bertz CT molecular complexity index is 1100. The molecule has 1 N–H and O–H groups in total. The van der Waals surface area contributed by atoms with Gasteiger partial charge in [-0.25, -0.2) is 14.9 Å². The number of amides is 1. The smallest absolute Gasteiger partial charge is 0.491 e. The van der Waals surface area contributed by atoms with Crippen molar-refractivity contribution in [2.45, 2.75) is 38.0 Å². The summed E-state index contributed by atoms with van der Waals surface area (Å²) >= 11 is 0. The van der Waals surface area contributed by atoms with Gasteiger partial charge in [0.1, 0.15) is 12.1 Å². The maximum absolute atomic E-state index is 14.0. The Balaban J connectivity index is 1.76. The fourth-order valence-corrected chi connectivity index (χ4v) is 4.16. The Morgan fingerprint density at radius 1 is 1.19 bits per heavy atom. The third-order valence-electron chi connectivity index (χ3n) is 5.82. The third-order valence-corrected chi connectivity index (χ3v) is 5.82. The summed E-state index contributed by atoms with van der Waals surface area (Å²) in [6.07, 6.45) is 3.00. The second kappa shape index (κ2) is 8.73. The van der Waals surface area contributed by atoms with Crippen LogP contribution in [0.25, 0.3) is 10.9 Å². The number of aliphatic hydroxyl groups is 1. The highest BCUT2D eigenvalue weighted by molar-refractivity contribution is 6.08. The van der Waals surface area contributed by atoms with Gasteiger partial charge < -0.3 is 9.84 Å². The molecule has 0 unspecified atom stereocenters. The molecule has 170 valence electrons. The number of benzene rings is 1. The SMILES string of the molecule is COc1cc2c(cnn2C2CCC(CO)CC2)cc1N(C(=O)c1cncnc1)C(F)(F)F. The number of aliphatic hydroxyl groups excluding tert-OH is 1. The van der Waals surface area contributed by atoms with Crippen LogP contribution in [0.2, 0.25) is 0 Å². The highest BCUT2D eigenvalue weighted by Crippen LogP contribution is 2.41. The minimum atomic E-state index is -5.01. The van der Waals surface area contributed by atoms with Crippen molar-refractivity contribution in [1.82, 2.24) is 19.7 Å². The molecule has 1 aromatic carbocycles. The second-order valence-electron chi connectivity index (χ2n) is 7.76. The summed E-state index contributed by atoms with van der Waals surface area (Å²) in [5, 5.41) is 14.2. The van der Waals surface area contributed by atoms with Crippen LogP contribution in [0.1, 0.15) is 42.1 Å². The zero-order chi connectivity index (χ0) is 22.9. The summed E-state index contributed by atoms with van der Waals surface area (Å²) in [4.78, 5) is 19.7. The van der Waals surface area contributed by atoms with E-state index in [9.17, 15) is 23.1 Å². The quantitative estimate of drug-likeness (QED) is 0.597. The molecule has 1 fully saturated rings. The van der Waals surface area contributed by atoms with Crippen molar-refractivity contribution < 1.29 is 27.8 Å². The van der Waals surface area contributed by atoms with E-state index in [1.165, 1.54) is 25.4 Å². The molecule has 0 aliphatic heterocycles. The van der Waals surface area contributed by atoms with Crippen LogP contribution in [0.4, 0.5) is 18.9 Å². The topological polar surface area (TPSA) is 93.4 Å². The number of fused-ring (bicyclic) bond motifs is 1. The van der Waals surface area contributed by atoms with Gasteiger partial charge in [-0.3, -0.25) is 9.48 Å². The van der Waals surface area contributed by atoms with Gasteiger partial charge in [0.15, 0.2) is 0 Å². The Hall–Kier alpha value is -3.21. The highest BCUT2D eigenvalue weighted by atomic mass is 19.4. The van der Waals surface area contributed by atoms with Crippen LogP contribution in [0, 0.1) is 5.92 Å². The lowest BCUT2D eigenvalue weighted by Crippen LogP contribution is -2.43. The monoisotopic (exact) mass is 449 g/mol. The number of ether oxygens (including phenoxy) is 1. The average molecular weight is 449 g/mol. The van der Waals surface area contributed by atoms with E-state index in [2.05, 4.69) is 15.1 Å². The molecular formula is C21H22F3N5O3. The molecule has 1 amide bonds. The molecule has 1 aliphatic carbocycles. The van der Waals surface area contributed by atoms with Crippen molar-refractivity contribution in [3.8, 4) is 5.75 Å². The normalized spacial score (nSPS) is 19.2. The standard InChI is InChI=1S/C21H22F3N5O3/c1-32-19-7-17-14(10-27-29(17)16-4-2-13(11-30)3-5-16)6-18(19)28(21(22,23)24)20(31)15-8-25-12-26-9-15/h6-10,12-13,16,30H,2-5,11H2,1H3. The van der Waals surface area contributed by atoms with E-state index >= 15 is 0 Å². The lowest BCUT2D eigenvalue weighted by atomic mass is 9.86. The van der Waals surface area contributed by atoms with Gasteiger partial charge in [-0.15, -0.1) is 13.2 Å². The fourth-order valence-electron chi connectivity index (χ4n) is 4.16. The summed E-state index contributed by atoms with van der Waals surface area (Å²) in [5.41, 5.74) is -0.121. The first-order valence-corrected chi connectivity index (χ1v) is 10.2. The number of rotatable bonds is 5. The number of alkyl halides is 3. The van der Waals surface area contributed by atoms with Crippen LogP contribution in [-0.2, 0) is 0 Å². The maximum Gasteiger partial charge on any atom is 0.491 e. The molecular weight excluding hydrogens is 427 g/mol. The van der Waals surface area contributed by atoms with Crippen molar-refractivity contribution in [1.29, 1.82) is 0 Å². The number of halogens is 3. The number of nitrogens with zero attached hydrogens (tertiary/aromatic N) is 5. The molecule has 32 heavy (non-hydrogen) atoms. The molecule has 0 bridgehead atoms. The lowest BCUT2D eigenvalue weighted by Gasteiger charge is -2.28. The number of aromatic nitrogens is 4. The van der Waals surface area contributed by atoms with E-state index < -0.39 is 17.9 Å². The van der Waals surface area contributed by atoms with Crippen molar-refractivity contribution in [2.24, 2.45) is 5.92 Å². The number of anilines is 1. The van der Waals surface area contributed by atoms with Crippen LogP contribution in [0.15, 0.2) is 37.1 Å². The number of hydrogen-bond donors (Lipinski definition) is 1. The fraction of sp³-hybridized carbons (Fsp3) is 0.429. The second-order valence-corrected chi connectivity index (χ2v) is 7.76. The van der Waals surface area contributed by atoms with E-state index in [1.807, 2.05) is 0 Å². The molecule has 0 atom stereocenters. The van der Waals surface area contributed by atoms with Gasteiger partial charge in [-0.1, -0.05) is 0 Å². The Labute approximate surface area is 181 Å². The van der Waals surface area contributed by atoms with Crippen LogP contribution in [0.3, 0.4) is 0 Å². The molecule has 1 saturated carbocycles. The summed E-state index contributed by atoms with van der Waals surface area (Å²) in [6, 6.07) is 2.81. The predicted molar refractivity (Wildman–Crippen MR) is 109 cm³/mol. The molecule has 1 aliphatic rings. The number of carbonyl (C=O) groups excluding carboxylic acids is 1. The van der Waals surface area contributed by atoms with Gasteiger partial charge in [0, 0.05) is 30.5 Å². The van der Waals surface area contributed by atoms with Gasteiger partial charge in [0.05, 0.1) is 36.1 Å². The largest absolute Gasteiger partial charge is 0.494 e. The van der Waals surface area contributed by atoms with E-state index in [4.69, 9.17) is 4.74 Å². The van der Waals surface area contributed by atoms with E-state index in [-0.39, 0.29) is 34.8 Å². The molecule has 0 radical (unpaired) electrons. The molecule has 0 saturated heterocycles. The van der Waals surface area contributed by atoms with Crippen molar-refractivity contribution >= 4 is 22.5 Å². The first-order chi connectivity index (χ1) is 15.3. The molecule has 11 heteroatoms. The Kier molecular flexibility index (Phi) is 6.00. The number of hydrogen-bond acceptors (Lipinski definition) is 6. The van der Waals surface area contributed by atoms with Gasteiger partial charge in [0.25, 0.3) is 5.91 Å². The van der Waals surface area contributed by atoms with Gasteiger partial charge >= 0.3 is 6.30 Å². The predicted octanol–water partition coefficient (Wildman–Crippen LogP) is 3.73. The molecule has 2 heterocycles. The minimum absolute atomic E-state index is 0.0766. The zero-order valence-electron chi connectivity index (χ0n) is 17.3. The Morgan fingerprint density at radius 3 is 2.47 bits per heavy atom. The first-order valence-electron chi connectivity index (χ1n) is 10.2. The number of methoxy groups -OCH3 is 1. The molecule has 3 aromatic rings. The first kappa shape index (κ1) is 22.0. The van der Waals surface area contributed by atoms with Crippen molar-refractivity contribution in [3.05, 3.63) is 42.6 Å². The molecule has 8 nitrogen and oxygen atoms in total. The van der Waals surface area contributed by atoms with Crippen molar-refractivity contribution in [3.63, 3.8) is 0 Å². The molecule has 0 spiro atoms. The van der Waals surface area contributed by atoms with Gasteiger partial charge in [-0.2, -0.15) is 5.10 Å². The summed E-state index contributed by atoms with van der Waals surface area (Å²) < 4.78 is 49.0.